The number of aliphatic imine (C=N–C) groups is 1. The molecule has 3 heterocycles. The number of nitrogens with zero attached hydrogens (tertiary/aromatic N) is 4. The predicted octanol–water partition coefficient (Wildman–Crippen LogP) is 3.77. The zero-order valence-corrected chi connectivity index (χ0v) is 15.1. The maximum Gasteiger partial charge on any atom is 0.0930 e. The van der Waals surface area contributed by atoms with E-state index in [0.717, 1.165) is 36.9 Å². The van der Waals surface area contributed by atoms with Gasteiger partial charge in [-0.05, 0) is 49.8 Å². The first-order chi connectivity index (χ1) is 11.6. The largest absolute Gasteiger partial charge is 0.304 e. The molecule has 128 valence electrons. The average molecular weight is 324 g/mol. The van der Waals surface area contributed by atoms with Gasteiger partial charge in [-0.1, -0.05) is 26.0 Å². The van der Waals surface area contributed by atoms with E-state index < -0.39 is 0 Å². The minimum Gasteiger partial charge on any atom is -0.304 e. The smallest absolute Gasteiger partial charge is 0.0930 e. The van der Waals surface area contributed by atoms with Gasteiger partial charge < -0.3 is 4.90 Å². The Kier molecular flexibility index (Phi) is 4.17. The lowest BCUT2D eigenvalue weighted by Gasteiger charge is -2.34. The van der Waals surface area contributed by atoms with Crippen molar-refractivity contribution in [3.63, 3.8) is 0 Å². The van der Waals surface area contributed by atoms with Gasteiger partial charge in [-0.15, -0.1) is 0 Å². The molecule has 0 radical (unpaired) electrons. The Morgan fingerprint density at radius 2 is 2.00 bits per heavy atom. The highest BCUT2D eigenvalue weighted by Gasteiger charge is 2.24. The van der Waals surface area contributed by atoms with E-state index in [1.165, 1.54) is 36.0 Å². The van der Waals surface area contributed by atoms with Gasteiger partial charge in [0.15, 0.2) is 0 Å². The molecule has 0 saturated carbocycles. The highest BCUT2D eigenvalue weighted by Crippen LogP contribution is 2.27. The van der Waals surface area contributed by atoms with Crippen molar-refractivity contribution in [1.82, 2.24) is 14.7 Å². The molecule has 2 aliphatic heterocycles. The number of piperidine rings is 1. The van der Waals surface area contributed by atoms with Crippen LogP contribution in [0.15, 0.2) is 29.4 Å². The summed E-state index contributed by atoms with van der Waals surface area (Å²) >= 11 is 0. The van der Waals surface area contributed by atoms with Crippen LogP contribution in [0, 0.1) is 11.8 Å². The zero-order valence-electron chi connectivity index (χ0n) is 15.1. The number of likely N-dealkylation sites (tertiary alicyclic amines) is 1. The van der Waals surface area contributed by atoms with Crippen molar-refractivity contribution in [2.45, 2.75) is 39.2 Å². The molecule has 1 aromatic heterocycles. The van der Waals surface area contributed by atoms with E-state index in [4.69, 9.17) is 10.1 Å². The Morgan fingerprint density at radius 1 is 1.12 bits per heavy atom. The molecule has 3 atom stereocenters. The first-order valence-corrected chi connectivity index (χ1v) is 9.29. The third-order valence-corrected chi connectivity index (χ3v) is 5.52. The van der Waals surface area contributed by atoms with Crippen molar-refractivity contribution in [2.24, 2.45) is 16.8 Å². The minimum atomic E-state index is 0.488. The molecular weight excluding hydrogens is 296 g/mol. The van der Waals surface area contributed by atoms with Gasteiger partial charge in [0, 0.05) is 36.9 Å². The van der Waals surface area contributed by atoms with Crippen molar-refractivity contribution in [2.75, 3.05) is 26.7 Å². The second-order valence-corrected chi connectivity index (χ2v) is 8.03. The molecule has 0 bridgehead atoms. The quantitative estimate of drug-likeness (QED) is 0.842. The van der Waals surface area contributed by atoms with Gasteiger partial charge in [-0.2, -0.15) is 5.10 Å². The zero-order chi connectivity index (χ0) is 16.7. The highest BCUT2D eigenvalue weighted by molar-refractivity contribution is 6.03. The Morgan fingerprint density at radius 3 is 2.75 bits per heavy atom. The number of hydrogen-bond donors (Lipinski definition) is 0. The van der Waals surface area contributed by atoms with Crippen LogP contribution < -0.4 is 0 Å². The second-order valence-electron chi connectivity index (χ2n) is 8.03. The molecule has 4 heteroatoms. The number of rotatable bonds is 2. The van der Waals surface area contributed by atoms with Gasteiger partial charge in [-0.3, -0.25) is 9.67 Å². The van der Waals surface area contributed by atoms with Gasteiger partial charge >= 0.3 is 0 Å². The predicted molar refractivity (Wildman–Crippen MR) is 99.9 cm³/mol. The van der Waals surface area contributed by atoms with E-state index in [1.807, 2.05) is 0 Å². The SMILES string of the molecule is CC1CC(n2cc3ccc(C4=NC[C@@H](C)CC4)cc3n2)CN(C)C1. The van der Waals surface area contributed by atoms with Crippen LogP contribution in [0.3, 0.4) is 0 Å². The van der Waals surface area contributed by atoms with Gasteiger partial charge in [0.1, 0.15) is 0 Å². The number of likely N-dealkylation sites (N-methyl/N-ethyl adjacent to an activating group) is 1. The molecule has 2 aliphatic rings. The Balaban J connectivity index is 1.62. The molecule has 4 rings (SSSR count). The monoisotopic (exact) mass is 324 g/mol. The van der Waals surface area contributed by atoms with Crippen LogP contribution in [-0.4, -0.2) is 47.1 Å². The van der Waals surface area contributed by atoms with E-state index in [9.17, 15) is 0 Å². The summed E-state index contributed by atoms with van der Waals surface area (Å²) in [6, 6.07) is 7.16. The fraction of sp³-hybridized carbons (Fsp3) is 0.600. The number of hydrogen-bond acceptors (Lipinski definition) is 3. The van der Waals surface area contributed by atoms with Gasteiger partial charge in [0.2, 0.25) is 0 Å². The fourth-order valence-electron chi connectivity index (χ4n) is 4.23. The summed E-state index contributed by atoms with van der Waals surface area (Å²) in [6.45, 7) is 7.88. The van der Waals surface area contributed by atoms with Crippen LogP contribution >= 0.6 is 0 Å². The minimum absolute atomic E-state index is 0.488. The standard InChI is InChI=1S/C20H28N4/c1-14-4-7-19(21-10-14)16-5-6-17-12-24(22-20(17)9-16)18-8-15(2)11-23(3)13-18/h5-6,9,12,14-15,18H,4,7-8,10-11,13H2,1-3H3/t14-,15?,18?/m0/s1. The van der Waals surface area contributed by atoms with E-state index in [0.29, 0.717) is 6.04 Å². The summed E-state index contributed by atoms with van der Waals surface area (Å²) in [7, 11) is 2.21. The van der Waals surface area contributed by atoms with Gasteiger partial charge in [0.05, 0.1) is 11.6 Å². The lowest BCUT2D eigenvalue weighted by Crippen LogP contribution is -2.38. The first kappa shape index (κ1) is 15.8. The van der Waals surface area contributed by atoms with E-state index in [1.54, 1.807) is 0 Å². The van der Waals surface area contributed by atoms with E-state index in [-0.39, 0.29) is 0 Å². The maximum absolute atomic E-state index is 4.91. The normalized spacial score (nSPS) is 29.0. The lowest BCUT2D eigenvalue weighted by atomic mass is 9.95. The van der Waals surface area contributed by atoms with Crippen LogP contribution in [0.5, 0.6) is 0 Å². The number of aromatic nitrogens is 2. The highest BCUT2D eigenvalue weighted by atomic mass is 15.3. The van der Waals surface area contributed by atoms with Crippen molar-refractivity contribution in [1.29, 1.82) is 0 Å². The molecular formula is C20H28N4. The molecule has 24 heavy (non-hydrogen) atoms. The Bertz CT molecular complexity index is 750. The van der Waals surface area contributed by atoms with Gasteiger partial charge in [-0.25, -0.2) is 0 Å². The maximum atomic E-state index is 4.91. The third kappa shape index (κ3) is 3.12. The topological polar surface area (TPSA) is 33.4 Å². The summed E-state index contributed by atoms with van der Waals surface area (Å²) in [6.07, 6.45) is 5.78. The molecule has 1 fully saturated rings. The first-order valence-electron chi connectivity index (χ1n) is 9.29. The second kappa shape index (κ2) is 6.32. The Labute approximate surface area is 144 Å². The van der Waals surface area contributed by atoms with Crippen LogP contribution in [0.2, 0.25) is 0 Å². The van der Waals surface area contributed by atoms with Crippen molar-refractivity contribution < 1.29 is 0 Å². The fourth-order valence-corrected chi connectivity index (χ4v) is 4.23. The summed E-state index contributed by atoms with van der Waals surface area (Å²) in [5, 5.41) is 6.15. The van der Waals surface area contributed by atoms with Crippen LogP contribution in [0.1, 0.15) is 44.7 Å². The molecule has 0 aliphatic carbocycles. The number of fused-ring (bicyclic) bond motifs is 1. The summed E-state index contributed by atoms with van der Waals surface area (Å²) in [4.78, 5) is 7.20. The van der Waals surface area contributed by atoms with Crippen molar-refractivity contribution >= 4 is 16.6 Å². The summed E-state index contributed by atoms with van der Waals surface area (Å²) in [5.41, 5.74) is 3.62. The van der Waals surface area contributed by atoms with Gasteiger partial charge in [0.25, 0.3) is 0 Å². The lowest BCUT2D eigenvalue weighted by molar-refractivity contribution is 0.157. The van der Waals surface area contributed by atoms with Crippen LogP contribution in [0.4, 0.5) is 0 Å². The number of benzene rings is 1. The summed E-state index contributed by atoms with van der Waals surface area (Å²) < 4.78 is 2.20. The van der Waals surface area contributed by atoms with E-state index >= 15 is 0 Å². The molecule has 2 aromatic rings. The molecule has 2 unspecified atom stereocenters. The summed E-state index contributed by atoms with van der Waals surface area (Å²) in [5.74, 6) is 1.46. The average Bonchev–Trinajstić information content (AvgIpc) is 2.98. The van der Waals surface area contributed by atoms with Crippen molar-refractivity contribution in [3.8, 4) is 0 Å². The van der Waals surface area contributed by atoms with E-state index in [2.05, 4.69) is 54.9 Å². The molecule has 0 N–H and O–H groups in total. The molecule has 0 spiro atoms. The van der Waals surface area contributed by atoms with Crippen LogP contribution in [0.25, 0.3) is 10.9 Å². The van der Waals surface area contributed by atoms with Crippen molar-refractivity contribution in [3.05, 3.63) is 30.0 Å². The molecule has 4 nitrogen and oxygen atoms in total. The molecule has 1 saturated heterocycles. The Hall–Kier alpha value is -1.68. The molecule has 0 amide bonds. The third-order valence-electron chi connectivity index (χ3n) is 5.52. The van der Waals surface area contributed by atoms with Crippen LogP contribution in [-0.2, 0) is 0 Å². The molecule has 1 aromatic carbocycles.